The second-order valence-corrected chi connectivity index (χ2v) is 6.72. The van der Waals surface area contributed by atoms with Gasteiger partial charge in [-0.1, -0.05) is 43.0 Å². The topological polar surface area (TPSA) is 114 Å². The van der Waals surface area contributed by atoms with E-state index >= 15 is 0 Å². The number of nitro benzene ring substituents is 1. The highest BCUT2D eigenvalue weighted by Crippen LogP contribution is 2.23. The van der Waals surface area contributed by atoms with Crippen LogP contribution in [0.15, 0.2) is 47.6 Å². The fraction of sp³-hybridized carbons (Fsp3) is 0.167. The summed E-state index contributed by atoms with van der Waals surface area (Å²) in [5, 5.41) is 20.5. The number of rotatable bonds is 7. The lowest BCUT2D eigenvalue weighted by Crippen LogP contribution is -2.14. The van der Waals surface area contributed by atoms with Crippen molar-refractivity contribution in [1.29, 1.82) is 0 Å². The quantitative estimate of drug-likeness (QED) is 0.353. The lowest BCUT2D eigenvalue weighted by molar-refractivity contribution is -0.387. The number of carbonyl (C=O) groups is 1. The number of nitrogens with one attached hydrogen (secondary N) is 2. The van der Waals surface area contributed by atoms with Gasteiger partial charge in [-0.05, 0) is 24.1 Å². The van der Waals surface area contributed by atoms with E-state index in [0.717, 1.165) is 35.9 Å². The molecule has 2 aromatic carbocycles. The molecule has 0 saturated carbocycles. The maximum atomic E-state index is 13.3. The molecular weight excluding hydrogens is 385 g/mol. The molecule has 0 saturated heterocycles. The Kier molecular flexibility index (Phi) is 5.99. The van der Waals surface area contributed by atoms with Crippen LogP contribution < -0.4 is 5.32 Å². The number of nitrogens with zero attached hydrogens (tertiary/aromatic N) is 3. The molecule has 0 fully saturated rings. The van der Waals surface area contributed by atoms with E-state index in [-0.39, 0.29) is 11.4 Å². The summed E-state index contributed by atoms with van der Waals surface area (Å²) in [6, 6.07) is 11.1. The zero-order valence-corrected chi connectivity index (χ0v) is 15.6. The molecule has 1 heterocycles. The van der Waals surface area contributed by atoms with Gasteiger partial charge in [-0.2, -0.15) is 4.39 Å². The van der Waals surface area contributed by atoms with Gasteiger partial charge >= 0.3 is 5.69 Å². The number of H-pyrrole nitrogens is 1. The Hall–Kier alpha value is -3.27. The molecule has 0 spiro atoms. The van der Waals surface area contributed by atoms with Gasteiger partial charge < -0.3 is 5.32 Å². The number of hydrogen-bond acceptors (Lipinski definition) is 6. The van der Waals surface area contributed by atoms with Gasteiger partial charge in [0, 0.05) is 17.3 Å². The second-order valence-electron chi connectivity index (χ2n) is 5.78. The van der Waals surface area contributed by atoms with E-state index in [1.807, 2.05) is 24.3 Å². The SMILES string of the molecule is CCc1ccc(-c2nc(SCC(=O)Nc3ccc(F)c([N+](=O)[O-])c3)n[nH]2)cc1. The van der Waals surface area contributed by atoms with Crippen molar-refractivity contribution in [2.45, 2.75) is 18.5 Å². The van der Waals surface area contributed by atoms with Gasteiger partial charge in [0.2, 0.25) is 16.9 Å². The highest BCUT2D eigenvalue weighted by Gasteiger charge is 2.16. The van der Waals surface area contributed by atoms with Crippen LogP contribution in [-0.4, -0.2) is 31.8 Å². The molecule has 144 valence electrons. The van der Waals surface area contributed by atoms with Gasteiger partial charge in [0.05, 0.1) is 10.7 Å². The third-order valence-corrected chi connectivity index (χ3v) is 4.71. The Morgan fingerprint density at radius 1 is 1.29 bits per heavy atom. The minimum Gasteiger partial charge on any atom is -0.325 e. The number of nitro groups is 1. The number of aromatic amines is 1. The van der Waals surface area contributed by atoms with E-state index in [4.69, 9.17) is 0 Å². The Morgan fingerprint density at radius 2 is 2.04 bits per heavy atom. The van der Waals surface area contributed by atoms with E-state index in [1.165, 1.54) is 11.6 Å². The van der Waals surface area contributed by atoms with Crippen LogP contribution in [0.5, 0.6) is 0 Å². The minimum atomic E-state index is -0.961. The standard InChI is InChI=1S/C18H16FN5O3S/c1-2-11-3-5-12(6-4-11)17-21-18(23-22-17)28-10-16(25)20-13-7-8-14(19)15(9-13)24(26)27/h3-9H,2,10H2,1H3,(H,20,25)(H,21,22,23). The van der Waals surface area contributed by atoms with Crippen LogP contribution in [0.2, 0.25) is 0 Å². The maximum absolute atomic E-state index is 13.3. The van der Waals surface area contributed by atoms with Crippen molar-refractivity contribution in [2.24, 2.45) is 0 Å². The first-order valence-corrected chi connectivity index (χ1v) is 9.33. The normalized spacial score (nSPS) is 10.6. The Morgan fingerprint density at radius 3 is 2.71 bits per heavy atom. The van der Waals surface area contributed by atoms with Crippen LogP contribution in [0.3, 0.4) is 0 Å². The molecule has 2 N–H and O–H groups in total. The van der Waals surface area contributed by atoms with Crippen LogP contribution in [-0.2, 0) is 11.2 Å². The lowest BCUT2D eigenvalue weighted by Gasteiger charge is -2.04. The summed E-state index contributed by atoms with van der Waals surface area (Å²) in [4.78, 5) is 26.3. The number of anilines is 1. The van der Waals surface area contributed by atoms with Crippen molar-refractivity contribution in [3.63, 3.8) is 0 Å². The summed E-state index contributed by atoms with van der Waals surface area (Å²) in [6.45, 7) is 2.08. The summed E-state index contributed by atoms with van der Waals surface area (Å²) in [5.41, 5.74) is 1.55. The largest absolute Gasteiger partial charge is 0.325 e. The molecule has 3 rings (SSSR count). The summed E-state index contributed by atoms with van der Waals surface area (Å²) in [5.74, 6) is -0.779. The first-order chi connectivity index (χ1) is 13.5. The molecule has 0 unspecified atom stereocenters. The molecule has 0 aliphatic carbocycles. The van der Waals surface area contributed by atoms with E-state index in [2.05, 4.69) is 27.4 Å². The third kappa shape index (κ3) is 4.71. The van der Waals surface area contributed by atoms with Crippen molar-refractivity contribution in [1.82, 2.24) is 15.2 Å². The monoisotopic (exact) mass is 401 g/mol. The van der Waals surface area contributed by atoms with Crippen molar-refractivity contribution in [2.75, 3.05) is 11.1 Å². The zero-order chi connectivity index (χ0) is 20.1. The lowest BCUT2D eigenvalue weighted by atomic mass is 10.1. The molecule has 0 bridgehead atoms. The Labute approximate surface area is 163 Å². The van der Waals surface area contributed by atoms with Crippen LogP contribution in [0.4, 0.5) is 15.8 Å². The summed E-state index contributed by atoms with van der Waals surface area (Å²) in [7, 11) is 0. The van der Waals surface area contributed by atoms with Crippen molar-refractivity contribution in [3.8, 4) is 11.4 Å². The highest BCUT2D eigenvalue weighted by molar-refractivity contribution is 7.99. The van der Waals surface area contributed by atoms with Crippen molar-refractivity contribution >= 4 is 29.0 Å². The number of halogens is 1. The second kappa shape index (κ2) is 8.61. The minimum absolute atomic E-state index is 0.00274. The van der Waals surface area contributed by atoms with Gasteiger partial charge in [-0.25, -0.2) is 4.98 Å². The summed E-state index contributed by atoms with van der Waals surface area (Å²) >= 11 is 1.11. The predicted octanol–water partition coefficient (Wildman–Crippen LogP) is 3.81. The van der Waals surface area contributed by atoms with Crippen molar-refractivity contribution < 1.29 is 14.1 Å². The number of aromatic nitrogens is 3. The van der Waals surface area contributed by atoms with Crippen LogP contribution in [0.1, 0.15) is 12.5 Å². The first-order valence-electron chi connectivity index (χ1n) is 8.34. The summed E-state index contributed by atoms with van der Waals surface area (Å²) in [6.07, 6.45) is 0.949. The first kappa shape index (κ1) is 19.5. The Bertz CT molecular complexity index is 1010. The zero-order valence-electron chi connectivity index (χ0n) is 14.8. The third-order valence-electron chi connectivity index (χ3n) is 3.86. The van der Waals surface area contributed by atoms with Gasteiger partial charge in [-0.15, -0.1) is 5.10 Å². The van der Waals surface area contributed by atoms with Gasteiger partial charge in [0.1, 0.15) is 0 Å². The molecule has 3 aromatic rings. The van der Waals surface area contributed by atoms with E-state index in [0.29, 0.717) is 11.0 Å². The number of carbonyl (C=O) groups excluding carboxylic acids is 1. The number of amides is 1. The van der Waals surface area contributed by atoms with Gasteiger partial charge in [-0.3, -0.25) is 20.0 Å². The Balaban J connectivity index is 1.58. The highest BCUT2D eigenvalue weighted by atomic mass is 32.2. The summed E-state index contributed by atoms with van der Waals surface area (Å²) < 4.78 is 13.3. The smallest absolute Gasteiger partial charge is 0.306 e. The molecular formula is C18H16FN5O3S. The molecule has 0 radical (unpaired) electrons. The number of aryl methyl sites for hydroxylation is 1. The molecule has 0 aliphatic rings. The number of hydrogen-bond donors (Lipinski definition) is 2. The van der Waals surface area contributed by atoms with Crippen LogP contribution in [0, 0.1) is 15.9 Å². The maximum Gasteiger partial charge on any atom is 0.306 e. The molecule has 0 aliphatic heterocycles. The van der Waals surface area contributed by atoms with Crippen LogP contribution >= 0.6 is 11.8 Å². The average Bonchev–Trinajstić information content (AvgIpc) is 3.17. The molecule has 1 amide bonds. The van der Waals surface area contributed by atoms with Crippen molar-refractivity contribution in [3.05, 3.63) is 64.0 Å². The molecule has 28 heavy (non-hydrogen) atoms. The molecule has 0 atom stereocenters. The molecule has 8 nitrogen and oxygen atoms in total. The fourth-order valence-corrected chi connectivity index (χ4v) is 2.99. The molecule has 10 heteroatoms. The number of benzene rings is 2. The average molecular weight is 401 g/mol. The van der Waals surface area contributed by atoms with Gasteiger partial charge in [0.15, 0.2) is 5.82 Å². The predicted molar refractivity (Wildman–Crippen MR) is 104 cm³/mol. The van der Waals surface area contributed by atoms with E-state index in [1.54, 1.807) is 0 Å². The van der Waals surface area contributed by atoms with Crippen LogP contribution in [0.25, 0.3) is 11.4 Å². The number of thioether (sulfide) groups is 1. The van der Waals surface area contributed by atoms with E-state index < -0.39 is 22.3 Å². The molecule has 1 aromatic heterocycles. The fourth-order valence-electron chi connectivity index (χ4n) is 2.40. The van der Waals surface area contributed by atoms with E-state index in [9.17, 15) is 19.3 Å². The van der Waals surface area contributed by atoms with Gasteiger partial charge in [0.25, 0.3) is 0 Å².